The molecule has 3 amide bonds. The van der Waals surface area contributed by atoms with E-state index in [4.69, 9.17) is 0 Å². The molecule has 0 unspecified atom stereocenters. The SMILES string of the molecule is O=C(NCc1ccc(C(=O)N2CCN(C(=O)c3cnccn3)CC2)cc1)c1cccs1. The van der Waals surface area contributed by atoms with Gasteiger partial charge in [0.2, 0.25) is 0 Å². The third-order valence-corrected chi connectivity index (χ3v) is 5.90. The zero-order valence-corrected chi connectivity index (χ0v) is 17.5. The molecule has 1 aliphatic rings. The molecule has 0 atom stereocenters. The topological polar surface area (TPSA) is 95.5 Å². The van der Waals surface area contributed by atoms with Gasteiger partial charge in [-0.15, -0.1) is 11.3 Å². The van der Waals surface area contributed by atoms with Crippen molar-refractivity contribution in [2.75, 3.05) is 26.2 Å². The van der Waals surface area contributed by atoms with E-state index in [1.54, 1.807) is 28.0 Å². The molecular weight excluding hydrogens is 414 g/mol. The van der Waals surface area contributed by atoms with Crippen LogP contribution in [-0.2, 0) is 6.54 Å². The summed E-state index contributed by atoms with van der Waals surface area (Å²) < 4.78 is 0. The van der Waals surface area contributed by atoms with Crippen molar-refractivity contribution in [1.29, 1.82) is 0 Å². The lowest BCUT2D eigenvalue weighted by molar-refractivity contribution is 0.0532. The Hall–Kier alpha value is -3.59. The van der Waals surface area contributed by atoms with E-state index in [0.29, 0.717) is 48.9 Å². The maximum Gasteiger partial charge on any atom is 0.274 e. The maximum absolute atomic E-state index is 12.8. The quantitative estimate of drug-likeness (QED) is 0.662. The summed E-state index contributed by atoms with van der Waals surface area (Å²) in [6.07, 6.45) is 4.46. The van der Waals surface area contributed by atoms with E-state index in [1.165, 1.54) is 29.9 Å². The molecule has 8 nitrogen and oxygen atoms in total. The Balaban J connectivity index is 1.29. The summed E-state index contributed by atoms with van der Waals surface area (Å²) in [4.78, 5) is 49.4. The van der Waals surface area contributed by atoms with Gasteiger partial charge in [0.25, 0.3) is 17.7 Å². The highest BCUT2D eigenvalue weighted by Crippen LogP contribution is 2.13. The first-order valence-corrected chi connectivity index (χ1v) is 10.7. The van der Waals surface area contributed by atoms with Crippen LogP contribution in [0.5, 0.6) is 0 Å². The first-order chi connectivity index (χ1) is 15.1. The van der Waals surface area contributed by atoms with Gasteiger partial charge >= 0.3 is 0 Å². The van der Waals surface area contributed by atoms with Crippen molar-refractivity contribution >= 4 is 29.1 Å². The van der Waals surface area contributed by atoms with Crippen molar-refractivity contribution in [3.05, 3.63) is 82.1 Å². The number of nitrogens with one attached hydrogen (secondary N) is 1. The fourth-order valence-electron chi connectivity index (χ4n) is 3.31. The Labute approximate surface area is 183 Å². The molecule has 1 aromatic carbocycles. The number of aromatic nitrogens is 2. The molecule has 9 heteroatoms. The van der Waals surface area contributed by atoms with Crippen molar-refractivity contribution in [2.45, 2.75) is 6.54 Å². The first-order valence-electron chi connectivity index (χ1n) is 9.87. The average Bonchev–Trinajstić information content (AvgIpc) is 3.38. The maximum atomic E-state index is 12.8. The zero-order valence-electron chi connectivity index (χ0n) is 16.7. The second kappa shape index (κ2) is 9.48. The summed E-state index contributed by atoms with van der Waals surface area (Å²) in [5.74, 6) is -0.348. The van der Waals surface area contributed by atoms with Gasteiger partial charge in [-0.05, 0) is 29.1 Å². The van der Waals surface area contributed by atoms with Crippen molar-refractivity contribution in [3.63, 3.8) is 0 Å². The molecule has 0 radical (unpaired) electrons. The van der Waals surface area contributed by atoms with Crippen LogP contribution in [0.3, 0.4) is 0 Å². The van der Waals surface area contributed by atoms with Crippen LogP contribution in [0.15, 0.2) is 60.4 Å². The fourth-order valence-corrected chi connectivity index (χ4v) is 3.95. The fraction of sp³-hybridized carbons (Fsp3) is 0.227. The molecule has 31 heavy (non-hydrogen) atoms. The summed E-state index contributed by atoms with van der Waals surface area (Å²) in [5, 5.41) is 4.73. The molecule has 3 heterocycles. The van der Waals surface area contributed by atoms with E-state index in [-0.39, 0.29) is 17.7 Å². The third-order valence-electron chi connectivity index (χ3n) is 5.04. The first kappa shape index (κ1) is 20.7. The lowest BCUT2D eigenvalue weighted by atomic mass is 10.1. The molecule has 158 valence electrons. The van der Waals surface area contributed by atoms with Crippen LogP contribution in [0.2, 0.25) is 0 Å². The van der Waals surface area contributed by atoms with E-state index in [1.807, 2.05) is 23.6 Å². The molecule has 0 bridgehead atoms. The molecule has 1 N–H and O–H groups in total. The Morgan fingerprint density at radius 1 is 0.935 bits per heavy atom. The molecule has 1 aliphatic heterocycles. The Bertz CT molecular complexity index is 1050. The van der Waals surface area contributed by atoms with E-state index in [0.717, 1.165) is 5.56 Å². The third kappa shape index (κ3) is 4.95. The van der Waals surface area contributed by atoms with Gasteiger partial charge in [0.05, 0.1) is 11.1 Å². The zero-order chi connectivity index (χ0) is 21.6. The van der Waals surface area contributed by atoms with Crippen LogP contribution in [0.1, 0.15) is 36.1 Å². The number of carbonyl (C=O) groups is 3. The number of nitrogens with zero attached hydrogens (tertiary/aromatic N) is 4. The number of thiophene rings is 1. The predicted molar refractivity (Wildman–Crippen MR) is 116 cm³/mol. The summed E-state index contributed by atoms with van der Waals surface area (Å²) in [5.41, 5.74) is 1.81. The molecule has 2 aromatic heterocycles. The summed E-state index contributed by atoms with van der Waals surface area (Å²) in [7, 11) is 0. The number of rotatable bonds is 5. The number of carbonyl (C=O) groups excluding carboxylic acids is 3. The number of hydrogen-bond acceptors (Lipinski definition) is 6. The van der Waals surface area contributed by atoms with Crippen LogP contribution in [0, 0.1) is 0 Å². The molecule has 0 spiro atoms. The van der Waals surface area contributed by atoms with E-state index in [2.05, 4.69) is 15.3 Å². The minimum atomic E-state index is -0.172. The Kier molecular flexibility index (Phi) is 6.32. The van der Waals surface area contributed by atoms with Crippen LogP contribution in [0.25, 0.3) is 0 Å². The smallest absolute Gasteiger partial charge is 0.274 e. The minimum Gasteiger partial charge on any atom is -0.347 e. The van der Waals surface area contributed by atoms with Crippen LogP contribution in [0.4, 0.5) is 0 Å². The van der Waals surface area contributed by atoms with Gasteiger partial charge < -0.3 is 15.1 Å². The highest BCUT2D eigenvalue weighted by atomic mass is 32.1. The highest BCUT2D eigenvalue weighted by Gasteiger charge is 2.26. The summed E-state index contributed by atoms with van der Waals surface area (Å²) >= 11 is 1.40. The molecule has 1 saturated heterocycles. The Morgan fingerprint density at radius 3 is 2.26 bits per heavy atom. The molecule has 4 rings (SSSR count). The molecular formula is C22H21N5O3S. The van der Waals surface area contributed by atoms with Crippen LogP contribution >= 0.6 is 11.3 Å². The van der Waals surface area contributed by atoms with E-state index in [9.17, 15) is 14.4 Å². The van der Waals surface area contributed by atoms with Gasteiger partial charge in [0.15, 0.2) is 0 Å². The normalized spacial score (nSPS) is 13.7. The van der Waals surface area contributed by atoms with Crippen molar-refractivity contribution in [3.8, 4) is 0 Å². The minimum absolute atomic E-state index is 0.0687. The molecule has 0 aliphatic carbocycles. The summed E-state index contributed by atoms with van der Waals surface area (Å²) in [6.45, 7) is 2.23. The number of amides is 3. The van der Waals surface area contributed by atoms with Gasteiger partial charge in [0, 0.05) is 50.7 Å². The largest absolute Gasteiger partial charge is 0.347 e. The van der Waals surface area contributed by atoms with Gasteiger partial charge in [0.1, 0.15) is 5.69 Å². The monoisotopic (exact) mass is 435 g/mol. The van der Waals surface area contributed by atoms with Gasteiger partial charge in [-0.2, -0.15) is 0 Å². The van der Waals surface area contributed by atoms with Crippen molar-refractivity contribution in [1.82, 2.24) is 25.1 Å². The van der Waals surface area contributed by atoms with Gasteiger partial charge in [-0.3, -0.25) is 19.4 Å². The Morgan fingerprint density at radius 2 is 1.65 bits per heavy atom. The molecule has 3 aromatic rings. The highest BCUT2D eigenvalue weighted by molar-refractivity contribution is 7.12. The second-order valence-electron chi connectivity index (χ2n) is 7.03. The number of piperazine rings is 1. The number of hydrogen-bond donors (Lipinski definition) is 1. The number of benzene rings is 1. The molecule has 1 fully saturated rings. The lowest BCUT2D eigenvalue weighted by Gasteiger charge is -2.34. The second-order valence-corrected chi connectivity index (χ2v) is 7.98. The van der Waals surface area contributed by atoms with Crippen LogP contribution < -0.4 is 5.32 Å². The summed E-state index contributed by atoms with van der Waals surface area (Å²) in [6, 6.07) is 10.8. The van der Waals surface area contributed by atoms with Gasteiger partial charge in [-0.25, -0.2) is 4.98 Å². The van der Waals surface area contributed by atoms with Crippen LogP contribution in [-0.4, -0.2) is 63.7 Å². The van der Waals surface area contributed by atoms with Crippen molar-refractivity contribution in [2.24, 2.45) is 0 Å². The van der Waals surface area contributed by atoms with E-state index >= 15 is 0 Å². The molecule has 0 saturated carbocycles. The lowest BCUT2D eigenvalue weighted by Crippen LogP contribution is -2.50. The standard InChI is InChI=1S/C22H21N5O3S/c28-20(19-2-1-13-31-19)25-14-16-3-5-17(6-4-16)21(29)26-9-11-27(12-10-26)22(30)18-15-23-7-8-24-18/h1-8,13,15H,9-12,14H2,(H,25,28). The average molecular weight is 436 g/mol. The predicted octanol–water partition coefficient (Wildman–Crippen LogP) is 2.07. The van der Waals surface area contributed by atoms with Gasteiger partial charge in [-0.1, -0.05) is 18.2 Å². The van der Waals surface area contributed by atoms with E-state index < -0.39 is 0 Å². The van der Waals surface area contributed by atoms with Crippen molar-refractivity contribution < 1.29 is 14.4 Å².